The smallest absolute Gasteiger partial charge is 0.313 e. The first-order valence-corrected chi connectivity index (χ1v) is 18.7. The third-order valence-electron chi connectivity index (χ3n) is 12.0. The second kappa shape index (κ2) is 15.8. The van der Waals surface area contributed by atoms with Crippen LogP contribution in [0.5, 0.6) is 0 Å². The summed E-state index contributed by atoms with van der Waals surface area (Å²) < 4.78 is 33.4. The normalized spacial score (nSPS) is 22.2. The standard InChI is InChI=1S/C40H54F2N5O3/c1-27-22-34(45-37(23-27)46-36-24-29(38(41)42)20-21-43-36)30-16-19-35(44-25-30)40(2,49)31-17-14-28(15-18-31)39(48)50-26-47(3,32-10-6-4-7-11-32)33-12-8-5-9-13-33/h16,19-25,28,31-33,38,49H,4-15,17-18,26H2,1-3H3,(H,43,45,46)/q+1/t28-,31-,40-/m1/s1. The van der Waals surface area contributed by atoms with Gasteiger partial charge in [-0.15, -0.1) is 0 Å². The maximum atomic E-state index is 13.4. The van der Waals surface area contributed by atoms with Gasteiger partial charge in [0.2, 0.25) is 6.73 Å². The third-order valence-corrected chi connectivity index (χ3v) is 12.0. The summed E-state index contributed by atoms with van der Waals surface area (Å²) in [4.78, 5) is 27.0. The number of ether oxygens (including phenoxy) is 1. The van der Waals surface area contributed by atoms with E-state index in [0.29, 0.717) is 48.9 Å². The lowest BCUT2D eigenvalue weighted by molar-refractivity contribution is -0.973. The summed E-state index contributed by atoms with van der Waals surface area (Å²) in [5, 5.41) is 14.8. The lowest BCUT2D eigenvalue weighted by Gasteiger charge is -2.49. The molecule has 0 amide bonds. The Balaban J connectivity index is 1.06. The van der Waals surface area contributed by atoms with E-state index in [0.717, 1.165) is 28.5 Å². The Morgan fingerprint density at radius 3 is 2.18 bits per heavy atom. The van der Waals surface area contributed by atoms with Crippen LogP contribution in [0.15, 0.2) is 48.8 Å². The first-order valence-electron chi connectivity index (χ1n) is 18.7. The minimum Gasteiger partial charge on any atom is -0.415 e. The van der Waals surface area contributed by atoms with Crippen molar-refractivity contribution in [1.29, 1.82) is 0 Å². The molecule has 0 unspecified atom stereocenters. The molecule has 0 aromatic carbocycles. The zero-order valence-corrected chi connectivity index (χ0v) is 29.9. The van der Waals surface area contributed by atoms with Crippen LogP contribution < -0.4 is 5.32 Å². The van der Waals surface area contributed by atoms with Crippen molar-refractivity contribution in [3.05, 3.63) is 65.6 Å². The van der Waals surface area contributed by atoms with Crippen molar-refractivity contribution < 1.29 is 27.9 Å². The number of halogens is 2. The Labute approximate surface area is 295 Å². The monoisotopic (exact) mass is 690 g/mol. The summed E-state index contributed by atoms with van der Waals surface area (Å²) in [5.41, 5.74) is 1.68. The van der Waals surface area contributed by atoms with E-state index in [1.54, 1.807) is 6.20 Å². The number of anilines is 2. The number of rotatable bonds is 11. The predicted molar refractivity (Wildman–Crippen MR) is 191 cm³/mol. The molecule has 0 spiro atoms. The number of alkyl halides is 2. The molecular weight excluding hydrogens is 636 g/mol. The van der Waals surface area contributed by atoms with Crippen molar-refractivity contribution in [3.63, 3.8) is 0 Å². The van der Waals surface area contributed by atoms with E-state index >= 15 is 0 Å². The van der Waals surface area contributed by atoms with Gasteiger partial charge in [0.05, 0.1) is 36.4 Å². The van der Waals surface area contributed by atoms with Gasteiger partial charge in [-0.1, -0.05) is 12.8 Å². The van der Waals surface area contributed by atoms with Crippen LogP contribution in [0.1, 0.15) is 120 Å². The molecule has 270 valence electrons. The van der Waals surface area contributed by atoms with Crippen molar-refractivity contribution >= 4 is 17.6 Å². The molecule has 10 heteroatoms. The highest BCUT2D eigenvalue weighted by Crippen LogP contribution is 2.42. The number of hydrogen-bond donors (Lipinski definition) is 2. The molecule has 3 aliphatic rings. The lowest BCUT2D eigenvalue weighted by atomic mass is 9.73. The molecule has 2 N–H and O–H groups in total. The molecule has 0 bridgehead atoms. The molecule has 3 fully saturated rings. The van der Waals surface area contributed by atoms with E-state index in [1.807, 2.05) is 38.1 Å². The molecule has 3 aliphatic carbocycles. The van der Waals surface area contributed by atoms with Gasteiger partial charge in [0.25, 0.3) is 6.43 Å². The topological polar surface area (TPSA) is 97.2 Å². The fourth-order valence-corrected chi connectivity index (χ4v) is 8.78. The number of esters is 1. The molecule has 50 heavy (non-hydrogen) atoms. The molecule has 1 atom stereocenters. The molecule has 3 aromatic heterocycles. The summed E-state index contributed by atoms with van der Waals surface area (Å²) in [6.45, 7) is 4.24. The van der Waals surface area contributed by atoms with E-state index < -0.39 is 12.0 Å². The van der Waals surface area contributed by atoms with Crippen LogP contribution in [0.4, 0.5) is 20.4 Å². The zero-order valence-electron chi connectivity index (χ0n) is 29.9. The number of hydrogen-bond acceptors (Lipinski definition) is 7. The van der Waals surface area contributed by atoms with Crippen LogP contribution in [-0.4, -0.2) is 56.4 Å². The van der Waals surface area contributed by atoms with Gasteiger partial charge < -0.3 is 15.2 Å². The van der Waals surface area contributed by atoms with Gasteiger partial charge >= 0.3 is 5.97 Å². The number of pyridine rings is 3. The second-order valence-corrected chi connectivity index (χ2v) is 15.5. The molecule has 3 saturated carbocycles. The number of aromatic nitrogens is 3. The SMILES string of the molecule is Cc1cc(Nc2cc(C(F)F)ccn2)nc(-c2ccc([C@](C)(O)[C@H]3CC[C@H](C(=O)OC[N+](C)(C4CCCCC4)C4CCCCC4)CC3)nc2)c1. The fraction of sp³-hybridized carbons (Fsp3) is 0.600. The molecular formula is C40H54F2N5O3+. The number of aryl methyl sites for hydroxylation is 1. The average Bonchev–Trinajstić information content (AvgIpc) is 3.14. The number of carbonyl (C=O) groups excluding carboxylic acids is 1. The van der Waals surface area contributed by atoms with Gasteiger partial charge in [0.15, 0.2) is 0 Å². The van der Waals surface area contributed by atoms with E-state index in [1.165, 1.54) is 82.5 Å². The largest absolute Gasteiger partial charge is 0.415 e. The van der Waals surface area contributed by atoms with Crippen molar-refractivity contribution in [2.24, 2.45) is 11.8 Å². The Bertz CT molecular complexity index is 1560. The number of carbonyl (C=O) groups is 1. The Hall–Kier alpha value is -3.50. The van der Waals surface area contributed by atoms with Crippen LogP contribution in [0.25, 0.3) is 11.3 Å². The van der Waals surface area contributed by atoms with E-state index in [4.69, 9.17) is 4.74 Å². The van der Waals surface area contributed by atoms with Crippen molar-refractivity contribution in [1.82, 2.24) is 15.0 Å². The molecule has 0 saturated heterocycles. The van der Waals surface area contributed by atoms with Crippen LogP contribution in [0, 0.1) is 18.8 Å². The molecule has 3 heterocycles. The first-order chi connectivity index (χ1) is 24.0. The molecule has 8 nitrogen and oxygen atoms in total. The van der Waals surface area contributed by atoms with Gasteiger partial charge in [0.1, 0.15) is 17.2 Å². The van der Waals surface area contributed by atoms with Crippen LogP contribution in [0.2, 0.25) is 0 Å². The van der Waals surface area contributed by atoms with Gasteiger partial charge in [0, 0.05) is 23.5 Å². The highest BCUT2D eigenvalue weighted by Gasteiger charge is 2.43. The number of quaternary nitrogens is 1. The molecule has 0 aliphatic heterocycles. The van der Waals surface area contributed by atoms with E-state index in [9.17, 15) is 18.7 Å². The van der Waals surface area contributed by atoms with Crippen molar-refractivity contribution in [3.8, 4) is 11.3 Å². The Kier molecular flexibility index (Phi) is 11.5. The minimum atomic E-state index is -2.59. The zero-order chi connectivity index (χ0) is 35.3. The van der Waals surface area contributed by atoms with Crippen LogP contribution in [-0.2, 0) is 15.1 Å². The lowest BCUT2D eigenvalue weighted by Crippen LogP contribution is -2.61. The van der Waals surface area contributed by atoms with Crippen LogP contribution in [0.3, 0.4) is 0 Å². The van der Waals surface area contributed by atoms with Crippen molar-refractivity contribution in [2.75, 3.05) is 19.1 Å². The maximum absolute atomic E-state index is 13.4. The number of aliphatic hydroxyl groups is 1. The first kappa shape index (κ1) is 36.3. The summed E-state index contributed by atoms with van der Waals surface area (Å²) >= 11 is 0. The highest BCUT2D eigenvalue weighted by atomic mass is 19.3. The maximum Gasteiger partial charge on any atom is 0.313 e. The third kappa shape index (κ3) is 8.34. The van der Waals surface area contributed by atoms with Gasteiger partial charge in [-0.3, -0.25) is 14.3 Å². The van der Waals surface area contributed by atoms with Gasteiger partial charge in [-0.05, 0) is 139 Å². The summed E-state index contributed by atoms with van der Waals surface area (Å²) in [7, 11) is 2.35. The average molecular weight is 691 g/mol. The molecule has 0 radical (unpaired) electrons. The second-order valence-electron chi connectivity index (χ2n) is 15.5. The Morgan fingerprint density at radius 1 is 0.920 bits per heavy atom. The van der Waals surface area contributed by atoms with Gasteiger partial charge in [-0.25, -0.2) is 18.7 Å². The minimum absolute atomic E-state index is 0.0279. The number of nitrogens with one attached hydrogen (secondary N) is 1. The molecule has 3 aromatic rings. The van der Waals surface area contributed by atoms with Gasteiger partial charge in [-0.2, -0.15) is 0 Å². The summed E-state index contributed by atoms with van der Waals surface area (Å²) in [6.07, 6.45) is 16.0. The fourth-order valence-electron chi connectivity index (χ4n) is 8.78. The van der Waals surface area contributed by atoms with Crippen molar-refractivity contribution in [2.45, 2.75) is 128 Å². The van der Waals surface area contributed by atoms with E-state index in [-0.39, 0.29) is 29.2 Å². The Morgan fingerprint density at radius 2 is 1.58 bits per heavy atom. The molecule has 6 rings (SSSR count). The quantitative estimate of drug-likeness (QED) is 0.118. The van der Waals surface area contributed by atoms with E-state index in [2.05, 4.69) is 27.3 Å². The van der Waals surface area contributed by atoms with Crippen LogP contribution >= 0.6 is 0 Å². The highest BCUT2D eigenvalue weighted by molar-refractivity contribution is 5.72. The summed E-state index contributed by atoms with van der Waals surface area (Å²) in [6, 6.07) is 11.3. The summed E-state index contributed by atoms with van der Waals surface area (Å²) in [5.74, 6) is 0.540. The predicted octanol–water partition coefficient (Wildman–Crippen LogP) is 9.15. The number of nitrogens with zero attached hydrogens (tertiary/aromatic N) is 4.